The molecule has 1 atom stereocenters. The third-order valence-corrected chi connectivity index (χ3v) is 7.44. The number of hydrogen-bond acceptors (Lipinski definition) is 5. The van der Waals surface area contributed by atoms with Crippen LogP contribution in [0.4, 0.5) is 4.39 Å². The molecule has 2 aliphatic rings. The molecule has 1 amide bonds. The number of hydrogen-bond donors (Lipinski definition) is 0. The highest BCUT2D eigenvalue weighted by Gasteiger charge is 2.30. The van der Waals surface area contributed by atoms with E-state index in [-0.39, 0.29) is 24.4 Å². The molecule has 1 saturated heterocycles. The molecule has 3 aromatic carbocycles. The van der Waals surface area contributed by atoms with Gasteiger partial charge in [-0.3, -0.25) is 9.69 Å². The summed E-state index contributed by atoms with van der Waals surface area (Å²) in [7, 11) is 0. The van der Waals surface area contributed by atoms with Crippen molar-refractivity contribution in [2.45, 2.75) is 25.6 Å². The number of carbonyl (C=O) groups is 1. The van der Waals surface area contributed by atoms with Crippen LogP contribution in [0.2, 0.25) is 0 Å². The summed E-state index contributed by atoms with van der Waals surface area (Å²) in [6.07, 6.45) is 0.874. The lowest BCUT2D eigenvalue weighted by molar-refractivity contribution is 0.0281. The van der Waals surface area contributed by atoms with Crippen molar-refractivity contribution in [3.63, 3.8) is 0 Å². The van der Waals surface area contributed by atoms with Crippen LogP contribution in [-0.2, 0) is 24.3 Å². The van der Waals surface area contributed by atoms with E-state index in [9.17, 15) is 9.18 Å². The fourth-order valence-electron chi connectivity index (χ4n) is 5.42. The lowest BCUT2D eigenvalue weighted by atomic mass is 9.87. The van der Waals surface area contributed by atoms with E-state index in [1.165, 1.54) is 11.6 Å². The molecule has 200 valence electrons. The van der Waals surface area contributed by atoms with Gasteiger partial charge in [-0.25, -0.2) is 4.39 Å². The van der Waals surface area contributed by atoms with Gasteiger partial charge in [-0.2, -0.15) is 0 Å². The monoisotopic (exact) mass is 526 g/mol. The quantitative estimate of drug-likeness (QED) is 0.313. The van der Waals surface area contributed by atoms with E-state index in [2.05, 4.69) is 29.2 Å². The molecule has 0 unspecified atom stereocenters. The van der Waals surface area contributed by atoms with Crippen LogP contribution in [0.25, 0.3) is 0 Å². The van der Waals surface area contributed by atoms with E-state index in [0.29, 0.717) is 49.9 Å². The number of nitrogens with zero attached hydrogens (tertiary/aromatic N) is 2. The van der Waals surface area contributed by atoms with Gasteiger partial charge in [0.15, 0.2) is 5.76 Å². The molecule has 6 rings (SSSR count). The molecule has 0 bridgehead atoms. The Kier molecular flexibility index (Phi) is 7.43. The van der Waals surface area contributed by atoms with E-state index >= 15 is 0 Å². The van der Waals surface area contributed by atoms with Crippen LogP contribution in [-0.4, -0.2) is 48.6 Å². The zero-order valence-electron chi connectivity index (χ0n) is 21.7. The smallest absolute Gasteiger partial charge is 0.289 e. The van der Waals surface area contributed by atoms with Crippen LogP contribution in [0.1, 0.15) is 44.6 Å². The number of morpholine rings is 1. The number of fused-ring (bicyclic) bond motifs is 1. The molecule has 0 radical (unpaired) electrons. The highest BCUT2D eigenvalue weighted by atomic mass is 19.1. The number of amides is 1. The molecule has 4 aromatic rings. The molecular formula is C32H31FN2O4. The first-order valence-corrected chi connectivity index (χ1v) is 13.4. The molecule has 0 N–H and O–H groups in total. The standard InChI is InChI=1S/C32H31FN2O4/c33-29-9-5-4-8-25(29)21-35-15-14-23-10-11-26(20-28(23)31(35)24-6-2-1-3-7-24)38-22-27-12-13-30(39-27)32(36)34-16-18-37-19-17-34/h1-13,20,31H,14-19,21-22H2/t31-/m0/s1. The van der Waals surface area contributed by atoms with Gasteiger partial charge in [0.2, 0.25) is 0 Å². The summed E-state index contributed by atoms with van der Waals surface area (Å²) in [5, 5.41) is 0. The highest BCUT2D eigenvalue weighted by molar-refractivity contribution is 5.91. The summed E-state index contributed by atoms with van der Waals surface area (Å²) in [5.41, 5.74) is 4.26. The summed E-state index contributed by atoms with van der Waals surface area (Å²) >= 11 is 0. The van der Waals surface area contributed by atoms with E-state index < -0.39 is 0 Å². The summed E-state index contributed by atoms with van der Waals surface area (Å²) in [6.45, 7) is 3.78. The van der Waals surface area contributed by atoms with Crippen molar-refractivity contribution in [2.75, 3.05) is 32.8 Å². The largest absolute Gasteiger partial charge is 0.486 e. The Hall–Kier alpha value is -3.94. The lowest BCUT2D eigenvalue weighted by Crippen LogP contribution is -2.40. The van der Waals surface area contributed by atoms with Crippen LogP contribution in [0.5, 0.6) is 5.75 Å². The minimum absolute atomic E-state index is 0.0283. The first kappa shape index (κ1) is 25.3. The van der Waals surface area contributed by atoms with Gasteiger partial charge in [0.1, 0.15) is 23.9 Å². The molecule has 0 aliphatic carbocycles. The van der Waals surface area contributed by atoms with E-state index in [0.717, 1.165) is 29.8 Å². The Labute approximate surface area is 227 Å². The van der Waals surface area contributed by atoms with Crippen LogP contribution in [0.3, 0.4) is 0 Å². The van der Waals surface area contributed by atoms with Gasteiger partial charge >= 0.3 is 0 Å². The van der Waals surface area contributed by atoms with Gasteiger partial charge in [0.25, 0.3) is 5.91 Å². The summed E-state index contributed by atoms with van der Waals surface area (Å²) in [6, 6.07) is 27.0. The first-order chi connectivity index (χ1) is 19.2. The summed E-state index contributed by atoms with van der Waals surface area (Å²) in [5.74, 6) is 1.31. The zero-order valence-corrected chi connectivity index (χ0v) is 21.7. The summed E-state index contributed by atoms with van der Waals surface area (Å²) in [4.78, 5) is 16.8. The minimum atomic E-state index is -0.183. The third kappa shape index (κ3) is 5.60. The molecule has 39 heavy (non-hydrogen) atoms. The molecule has 0 saturated carbocycles. The number of halogens is 1. The lowest BCUT2D eigenvalue weighted by Gasteiger charge is -2.38. The maximum absolute atomic E-state index is 14.6. The Morgan fingerprint density at radius 3 is 2.54 bits per heavy atom. The molecular weight excluding hydrogens is 495 g/mol. The fraction of sp³-hybridized carbons (Fsp3) is 0.281. The number of ether oxygens (including phenoxy) is 2. The van der Waals surface area contributed by atoms with Crippen LogP contribution in [0, 0.1) is 5.82 Å². The van der Waals surface area contributed by atoms with Gasteiger partial charge in [0, 0.05) is 31.7 Å². The van der Waals surface area contributed by atoms with Crippen molar-refractivity contribution in [3.8, 4) is 5.75 Å². The maximum atomic E-state index is 14.6. The predicted molar refractivity (Wildman–Crippen MR) is 145 cm³/mol. The van der Waals surface area contributed by atoms with Gasteiger partial charge < -0.3 is 18.8 Å². The molecule has 0 spiro atoms. The molecule has 7 heteroatoms. The van der Waals surface area contributed by atoms with E-state index in [1.807, 2.05) is 36.4 Å². The Bertz CT molecular complexity index is 1430. The van der Waals surface area contributed by atoms with Gasteiger partial charge in [0.05, 0.1) is 19.3 Å². The van der Waals surface area contributed by atoms with Crippen molar-refractivity contribution in [1.82, 2.24) is 9.80 Å². The average molecular weight is 527 g/mol. The molecule has 2 aliphatic heterocycles. The van der Waals surface area contributed by atoms with Gasteiger partial charge in [-0.15, -0.1) is 0 Å². The van der Waals surface area contributed by atoms with Crippen molar-refractivity contribution in [1.29, 1.82) is 0 Å². The zero-order chi connectivity index (χ0) is 26.6. The predicted octanol–water partition coefficient (Wildman–Crippen LogP) is 5.62. The Balaban J connectivity index is 1.21. The van der Waals surface area contributed by atoms with Gasteiger partial charge in [-0.1, -0.05) is 54.6 Å². The number of benzene rings is 3. The van der Waals surface area contributed by atoms with Crippen molar-refractivity contribution >= 4 is 5.91 Å². The molecule has 1 aromatic heterocycles. The van der Waals surface area contributed by atoms with Crippen molar-refractivity contribution in [2.24, 2.45) is 0 Å². The second-order valence-electron chi connectivity index (χ2n) is 9.94. The fourth-order valence-corrected chi connectivity index (χ4v) is 5.42. The minimum Gasteiger partial charge on any atom is -0.486 e. The maximum Gasteiger partial charge on any atom is 0.289 e. The normalized spacial score (nSPS) is 17.6. The van der Waals surface area contributed by atoms with Crippen molar-refractivity contribution in [3.05, 3.63) is 125 Å². The molecule has 6 nitrogen and oxygen atoms in total. The number of furan rings is 1. The molecule has 1 fully saturated rings. The number of carbonyl (C=O) groups excluding carboxylic acids is 1. The Morgan fingerprint density at radius 1 is 0.923 bits per heavy atom. The van der Waals surface area contributed by atoms with Crippen LogP contribution < -0.4 is 4.74 Å². The highest BCUT2D eigenvalue weighted by Crippen LogP contribution is 2.38. The molecule has 3 heterocycles. The summed E-state index contributed by atoms with van der Waals surface area (Å²) < 4.78 is 31.9. The average Bonchev–Trinajstić information content (AvgIpc) is 3.46. The van der Waals surface area contributed by atoms with E-state index in [1.54, 1.807) is 23.1 Å². The van der Waals surface area contributed by atoms with Crippen LogP contribution in [0.15, 0.2) is 89.3 Å². The SMILES string of the molecule is O=C(c1ccc(COc2ccc3c(c2)[C@H](c2ccccc2)N(Cc2ccccc2F)CC3)o1)N1CCOCC1. The van der Waals surface area contributed by atoms with Gasteiger partial charge in [-0.05, 0) is 53.4 Å². The second kappa shape index (κ2) is 11.4. The van der Waals surface area contributed by atoms with E-state index in [4.69, 9.17) is 13.9 Å². The second-order valence-corrected chi connectivity index (χ2v) is 9.94. The first-order valence-electron chi connectivity index (χ1n) is 13.4. The topological polar surface area (TPSA) is 55.2 Å². The third-order valence-electron chi connectivity index (χ3n) is 7.44. The Morgan fingerprint density at radius 2 is 1.72 bits per heavy atom. The van der Waals surface area contributed by atoms with Crippen molar-refractivity contribution < 1.29 is 23.1 Å². The number of rotatable bonds is 7. The van der Waals surface area contributed by atoms with Crippen LogP contribution >= 0.6 is 0 Å².